The van der Waals surface area contributed by atoms with Gasteiger partial charge in [0.1, 0.15) is 12.4 Å². The molecule has 0 saturated heterocycles. The van der Waals surface area contributed by atoms with Crippen molar-refractivity contribution >= 4 is 11.8 Å². The van der Waals surface area contributed by atoms with Crippen LogP contribution in [0.2, 0.25) is 0 Å². The molecule has 1 aliphatic carbocycles. The van der Waals surface area contributed by atoms with Crippen molar-refractivity contribution in [1.29, 1.82) is 0 Å². The van der Waals surface area contributed by atoms with E-state index < -0.39 is 5.91 Å². The largest absolute Gasteiger partial charge is 0.491 e. The average molecular weight is 376 g/mol. The minimum absolute atomic E-state index is 0.0460. The maximum Gasteiger partial charge on any atom is 0.274 e. The van der Waals surface area contributed by atoms with Gasteiger partial charge in [0.2, 0.25) is 5.91 Å². The lowest BCUT2D eigenvalue weighted by molar-refractivity contribution is -0.135. The third-order valence-corrected chi connectivity index (χ3v) is 5.69. The Balaban J connectivity index is 1.67. The third-order valence-electron chi connectivity index (χ3n) is 5.69. The molecule has 0 bridgehead atoms. The number of hydrogen-bond donors (Lipinski definition) is 2. The van der Waals surface area contributed by atoms with Gasteiger partial charge in [-0.15, -0.1) is 0 Å². The van der Waals surface area contributed by atoms with Crippen LogP contribution in [0.25, 0.3) is 0 Å². The molecule has 0 unspecified atom stereocenters. The topological polar surface area (TPSA) is 88.1 Å². The summed E-state index contributed by atoms with van der Waals surface area (Å²) in [5.41, 5.74) is 2.81. The van der Waals surface area contributed by atoms with E-state index in [1.165, 1.54) is 0 Å². The zero-order valence-electron chi connectivity index (χ0n) is 15.9. The first-order valence-corrected chi connectivity index (χ1v) is 9.54. The second-order valence-corrected chi connectivity index (χ2v) is 7.53. The highest BCUT2D eigenvalue weighted by Crippen LogP contribution is 2.31. The molecule has 2 aliphatic rings. The van der Waals surface area contributed by atoms with Crippen LogP contribution in [0.1, 0.15) is 54.9 Å². The predicted octanol–water partition coefficient (Wildman–Crippen LogP) is 2.51. The van der Waals surface area contributed by atoms with Crippen molar-refractivity contribution in [3.8, 4) is 5.75 Å². The zero-order chi connectivity index (χ0) is 19.4. The molecule has 1 aromatic rings. The first kappa shape index (κ1) is 19.6. The molecule has 1 fully saturated rings. The van der Waals surface area contributed by atoms with E-state index in [4.69, 9.17) is 14.7 Å². The van der Waals surface area contributed by atoms with E-state index in [1.807, 2.05) is 11.8 Å². The van der Waals surface area contributed by atoms with Crippen LogP contribution in [-0.4, -0.2) is 47.8 Å². The van der Waals surface area contributed by atoms with E-state index in [0.717, 1.165) is 31.2 Å². The van der Waals surface area contributed by atoms with Crippen LogP contribution in [-0.2, 0) is 16.1 Å². The fourth-order valence-corrected chi connectivity index (χ4v) is 3.93. The molecule has 0 radical (unpaired) electrons. The summed E-state index contributed by atoms with van der Waals surface area (Å²) >= 11 is 0. The highest BCUT2D eigenvalue weighted by atomic mass is 16.5. The number of rotatable bonds is 4. The van der Waals surface area contributed by atoms with Crippen molar-refractivity contribution in [2.45, 2.75) is 57.7 Å². The van der Waals surface area contributed by atoms with Crippen LogP contribution in [0.5, 0.6) is 5.75 Å². The first-order chi connectivity index (χ1) is 13.0. The van der Waals surface area contributed by atoms with E-state index >= 15 is 0 Å². The summed E-state index contributed by atoms with van der Waals surface area (Å²) in [4.78, 5) is 26.4. The summed E-state index contributed by atoms with van der Waals surface area (Å²) < 4.78 is 11.2. The van der Waals surface area contributed by atoms with Crippen molar-refractivity contribution < 1.29 is 24.3 Å². The number of fused-ring (bicyclic) bond motifs is 1. The lowest BCUT2D eigenvalue weighted by atomic mass is 9.85. The van der Waals surface area contributed by atoms with Gasteiger partial charge in [0, 0.05) is 31.2 Å². The molecule has 1 heterocycles. The number of amides is 2. The number of methoxy groups -OCH3 is 1. The van der Waals surface area contributed by atoms with E-state index in [1.54, 1.807) is 30.8 Å². The summed E-state index contributed by atoms with van der Waals surface area (Å²) in [7, 11) is 1.75. The Bertz CT molecular complexity index is 685. The summed E-state index contributed by atoms with van der Waals surface area (Å²) in [6.07, 6.45) is 4.98. The lowest BCUT2D eigenvalue weighted by Gasteiger charge is -2.31. The predicted molar refractivity (Wildman–Crippen MR) is 98.6 cm³/mol. The molecule has 7 heteroatoms. The number of nitrogens with zero attached hydrogens (tertiary/aromatic N) is 1. The van der Waals surface area contributed by atoms with Gasteiger partial charge in [-0.25, -0.2) is 5.48 Å². The van der Waals surface area contributed by atoms with Gasteiger partial charge in [-0.05, 0) is 50.7 Å². The average Bonchev–Trinajstić information content (AvgIpc) is 2.86. The van der Waals surface area contributed by atoms with Crippen LogP contribution < -0.4 is 10.2 Å². The monoisotopic (exact) mass is 376 g/mol. The molecular formula is C20H28N2O5. The normalized spacial score (nSPS) is 25.1. The molecule has 0 aromatic heterocycles. The highest BCUT2D eigenvalue weighted by molar-refractivity contribution is 5.93. The Morgan fingerprint density at radius 1 is 1.30 bits per heavy atom. The number of nitrogens with one attached hydrogen (secondary N) is 1. The summed E-state index contributed by atoms with van der Waals surface area (Å²) in [5, 5.41) is 8.79. The Morgan fingerprint density at radius 3 is 2.70 bits per heavy atom. The first-order valence-electron chi connectivity index (χ1n) is 9.54. The molecule has 1 atom stereocenters. The summed E-state index contributed by atoms with van der Waals surface area (Å²) in [6, 6.07) is 4.96. The summed E-state index contributed by atoms with van der Waals surface area (Å²) in [6.45, 7) is 2.82. The third kappa shape index (κ3) is 4.59. The lowest BCUT2D eigenvalue weighted by Crippen LogP contribution is -2.41. The van der Waals surface area contributed by atoms with Crippen molar-refractivity contribution in [3.63, 3.8) is 0 Å². The van der Waals surface area contributed by atoms with Gasteiger partial charge >= 0.3 is 0 Å². The fourth-order valence-electron chi connectivity index (χ4n) is 3.93. The van der Waals surface area contributed by atoms with Crippen LogP contribution in [0.15, 0.2) is 18.2 Å². The van der Waals surface area contributed by atoms with Crippen LogP contribution >= 0.6 is 0 Å². The molecular weight excluding hydrogens is 348 g/mol. The number of benzene rings is 1. The van der Waals surface area contributed by atoms with Gasteiger partial charge in [0.25, 0.3) is 5.91 Å². The molecule has 148 valence electrons. The molecule has 2 amide bonds. The molecule has 1 aliphatic heterocycles. The molecule has 7 nitrogen and oxygen atoms in total. The van der Waals surface area contributed by atoms with Gasteiger partial charge in [-0.2, -0.15) is 0 Å². The van der Waals surface area contributed by atoms with E-state index in [9.17, 15) is 9.59 Å². The second kappa shape index (κ2) is 8.71. The van der Waals surface area contributed by atoms with Gasteiger partial charge in [0.15, 0.2) is 0 Å². The van der Waals surface area contributed by atoms with Crippen molar-refractivity contribution in [2.24, 2.45) is 5.92 Å². The van der Waals surface area contributed by atoms with Gasteiger partial charge in [-0.3, -0.25) is 14.8 Å². The number of carbonyl (C=O) groups is 2. The minimum atomic E-state index is -0.585. The van der Waals surface area contributed by atoms with Gasteiger partial charge in [-0.1, -0.05) is 6.07 Å². The molecule has 1 saturated carbocycles. The Kier molecular flexibility index (Phi) is 6.34. The summed E-state index contributed by atoms with van der Waals surface area (Å²) in [5.74, 6) is 0.560. The molecule has 2 N–H and O–H groups in total. The smallest absolute Gasteiger partial charge is 0.274 e. The standard InChI is InChI=1S/C20H28N2O5/c1-13-12-27-18-10-15(20(24)21-25)5-6-16(18)11-22(13)19(23)9-14-3-7-17(26-2)8-4-14/h5-6,10,13-14,17,25H,3-4,7-9,11-12H2,1-2H3,(H,21,24)/t13-,14?,17?/m0/s1. The number of carbonyl (C=O) groups excluding carboxylic acids is 2. The molecule has 0 spiro atoms. The number of hydroxylamine groups is 1. The van der Waals surface area contributed by atoms with Crippen molar-refractivity contribution in [2.75, 3.05) is 13.7 Å². The van der Waals surface area contributed by atoms with Crippen LogP contribution in [0.4, 0.5) is 0 Å². The SMILES string of the molecule is COC1CCC(CC(=O)N2Cc3ccc(C(=O)NO)cc3OC[C@@H]2C)CC1. The Morgan fingerprint density at radius 2 is 2.04 bits per heavy atom. The van der Waals surface area contributed by atoms with Crippen LogP contribution in [0.3, 0.4) is 0 Å². The molecule has 1 aromatic carbocycles. The van der Waals surface area contributed by atoms with E-state index in [0.29, 0.717) is 42.9 Å². The Hall–Kier alpha value is -2.12. The van der Waals surface area contributed by atoms with Gasteiger partial charge in [0.05, 0.1) is 12.1 Å². The van der Waals surface area contributed by atoms with Crippen LogP contribution in [0, 0.1) is 5.92 Å². The second-order valence-electron chi connectivity index (χ2n) is 7.53. The van der Waals surface area contributed by atoms with Crippen molar-refractivity contribution in [3.05, 3.63) is 29.3 Å². The number of hydrogen-bond acceptors (Lipinski definition) is 5. The van der Waals surface area contributed by atoms with E-state index in [-0.39, 0.29) is 11.9 Å². The maximum absolute atomic E-state index is 13.0. The minimum Gasteiger partial charge on any atom is -0.491 e. The van der Waals surface area contributed by atoms with Crippen molar-refractivity contribution in [1.82, 2.24) is 10.4 Å². The molecule has 27 heavy (non-hydrogen) atoms. The fraction of sp³-hybridized carbons (Fsp3) is 0.600. The quantitative estimate of drug-likeness (QED) is 0.623. The van der Waals surface area contributed by atoms with Gasteiger partial charge < -0.3 is 14.4 Å². The Labute approximate surface area is 159 Å². The maximum atomic E-state index is 13.0. The molecule has 3 rings (SSSR count). The highest BCUT2D eigenvalue weighted by Gasteiger charge is 2.29. The van der Waals surface area contributed by atoms with E-state index in [2.05, 4.69) is 0 Å². The number of ether oxygens (including phenoxy) is 2. The zero-order valence-corrected chi connectivity index (χ0v) is 15.9.